The minimum absolute atomic E-state index is 0.0327. The van der Waals surface area contributed by atoms with Gasteiger partial charge in [-0.3, -0.25) is 19.7 Å². The maximum Gasteiger partial charge on any atom is 0.291 e. The highest BCUT2D eigenvalue weighted by molar-refractivity contribution is 9.10. The van der Waals surface area contributed by atoms with Crippen LogP contribution in [0.15, 0.2) is 74.9 Å². The molecule has 2 aromatic carbocycles. The molecule has 0 bridgehead atoms. The Balaban J connectivity index is 1.55. The van der Waals surface area contributed by atoms with Crippen LogP contribution in [-0.4, -0.2) is 22.4 Å². The number of hydrogen-bond acceptors (Lipinski definition) is 6. The first-order valence-corrected chi connectivity index (χ1v) is 9.84. The molecule has 0 fully saturated rings. The molecule has 0 aliphatic heterocycles. The quantitative estimate of drug-likeness (QED) is 0.293. The van der Waals surface area contributed by atoms with Crippen molar-refractivity contribution in [2.45, 2.75) is 13.3 Å². The fourth-order valence-corrected chi connectivity index (χ4v) is 2.90. The number of anilines is 1. The van der Waals surface area contributed by atoms with E-state index < -0.39 is 4.92 Å². The normalized spacial score (nSPS) is 11.1. The molecule has 3 aromatic rings. The lowest BCUT2D eigenvalue weighted by Crippen LogP contribution is -2.21. The number of carbonyl (C=O) groups excluding carboxylic acids is 2. The molecule has 2 N–H and O–H groups in total. The molecule has 158 valence electrons. The maximum absolute atomic E-state index is 12.1. The van der Waals surface area contributed by atoms with E-state index in [4.69, 9.17) is 4.42 Å². The van der Waals surface area contributed by atoms with Gasteiger partial charge in [-0.1, -0.05) is 24.3 Å². The van der Waals surface area contributed by atoms with Crippen molar-refractivity contribution in [3.63, 3.8) is 0 Å². The number of nitrogens with zero attached hydrogens (tertiary/aromatic N) is 2. The van der Waals surface area contributed by atoms with Crippen LogP contribution in [0.1, 0.15) is 28.6 Å². The summed E-state index contributed by atoms with van der Waals surface area (Å²) >= 11 is 3.15. The number of rotatable bonds is 7. The van der Waals surface area contributed by atoms with Crippen LogP contribution >= 0.6 is 15.9 Å². The number of benzene rings is 2. The monoisotopic (exact) mass is 484 g/mol. The number of furan rings is 1. The lowest BCUT2D eigenvalue weighted by Gasteiger charge is -2.06. The third-order valence-electron chi connectivity index (χ3n) is 4.22. The number of hydrazone groups is 1. The Morgan fingerprint density at radius 1 is 1.06 bits per heavy atom. The number of nitro benzene ring substituents is 1. The lowest BCUT2D eigenvalue weighted by molar-refractivity contribution is -0.384. The van der Waals surface area contributed by atoms with Gasteiger partial charge in [-0.2, -0.15) is 5.10 Å². The largest absolute Gasteiger partial charge is 0.444 e. The van der Waals surface area contributed by atoms with Crippen LogP contribution in [0.2, 0.25) is 0 Å². The molecule has 0 radical (unpaired) electrons. The van der Waals surface area contributed by atoms with E-state index in [9.17, 15) is 19.7 Å². The Morgan fingerprint density at radius 2 is 1.74 bits per heavy atom. The van der Waals surface area contributed by atoms with Gasteiger partial charge in [0, 0.05) is 17.8 Å². The first-order chi connectivity index (χ1) is 14.8. The number of halogens is 1. The van der Waals surface area contributed by atoms with E-state index in [0.717, 1.165) is 5.56 Å². The molecular weight excluding hydrogens is 468 g/mol. The first kappa shape index (κ1) is 21.9. The molecule has 0 saturated heterocycles. The summed E-state index contributed by atoms with van der Waals surface area (Å²) in [6, 6.07) is 15.9. The van der Waals surface area contributed by atoms with E-state index in [1.54, 1.807) is 43.3 Å². The predicted octanol–water partition coefficient (Wildman–Crippen LogP) is 4.29. The molecule has 31 heavy (non-hydrogen) atoms. The number of nitro groups is 1. The Bertz CT molecular complexity index is 1140. The maximum atomic E-state index is 12.1. The fraction of sp³-hybridized carbons (Fsp3) is 0.0952. The highest BCUT2D eigenvalue weighted by Gasteiger charge is 2.11. The van der Waals surface area contributed by atoms with E-state index >= 15 is 0 Å². The van der Waals surface area contributed by atoms with E-state index in [0.29, 0.717) is 21.6 Å². The first-order valence-electron chi connectivity index (χ1n) is 9.05. The van der Waals surface area contributed by atoms with Crippen LogP contribution in [0.4, 0.5) is 11.4 Å². The molecule has 2 amide bonds. The minimum atomic E-state index is -0.496. The molecule has 0 atom stereocenters. The highest BCUT2D eigenvalue weighted by Crippen LogP contribution is 2.17. The molecule has 9 nitrogen and oxygen atoms in total. The molecule has 0 unspecified atom stereocenters. The van der Waals surface area contributed by atoms with Gasteiger partial charge in [0.1, 0.15) is 0 Å². The summed E-state index contributed by atoms with van der Waals surface area (Å²) < 4.78 is 5.68. The average molecular weight is 485 g/mol. The summed E-state index contributed by atoms with van der Waals surface area (Å²) in [5.74, 6) is -0.534. The molecule has 0 spiro atoms. The summed E-state index contributed by atoms with van der Waals surface area (Å²) in [5, 5.41) is 17.5. The molecule has 1 aromatic heterocycles. The summed E-state index contributed by atoms with van der Waals surface area (Å²) in [6.45, 7) is 1.74. The van der Waals surface area contributed by atoms with Gasteiger partial charge < -0.3 is 9.73 Å². The minimum Gasteiger partial charge on any atom is -0.444 e. The van der Waals surface area contributed by atoms with Gasteiger partial charge in [0.25, 0.3) is 11.6 Å². The number of non-ortho nitro benzene ring substituents is 1. The second kappa shape index (κ2) is 9.81. The smallest absolute Gasteiger partial charge is 0.291 e. The summed E-state index contributed by atoms with van der Waals surface area (Å²) in [6.07, 6.45) is 0.0443. The Kier molecular flexibility index (Phi) is 6.93. The SMILES string of the molecule is C/C(=N\NC(=O)Cc1ccc([N+](=O)[O-])cc1)c1ccc(NC(=O)c2ccc(Br)o2)cc1. The predicted molar refractivity (Wildman–Crippen MR) is 118 cm³/mol. The zero-order chi connectivity index (χ0) is 22.4. The van der Waals surface area contributed by atoms with Crippen LogP contribution < -0.4 is 10.7 Å². The van der Waals surface area contributed by atoms with Crippen molar-refractivity contribution in [2.24, 2.45) is 5.10 Å². The van der Waals surface area contributed by atoms with Crippen LogP contribution in [0.5, 0.6) is 0 Å². The number of hydrogen-bond donors (Lipinski definition) is 2. The van der Waals surface area contributed by atoms with Gasteiger partial charge in [-0.25, -0.2) is 5.43 Å². The second-order valence-electron chi connectivity index (χ2n) is 6.47. The fourth-order valence-electron chi connectivity index (χ4n) is 2.59. The van der Waals surface area contributed by atoms with Gasteiger partial charge in [0.15, 0.2) is 10.4 Å². The Morgan fingerprint density at radius 3 is 2.32 bits per heavy atom. The lowest BCUT2D eigenvalue weighted by atomic mass is 10.1. The van der Waals surface area contributed by atoms with Crippen LogP contribution in [0.25, 0.3) is 0 Å². The van der Waals surface area contributed by atoms with Crippen molar-refractivity contribution in [1.82, 2.24) is 5.43 Å². The van der Waals surface area contributed by atoms with Crippen LogP contribution in [0.3, 0.4) is 0 Å². The summed E-state index contributed by atoms with van der Waals surface area (Å²) in [5.41, 5.74) is 4.98. The van der Waals surface area contributed by atoms with Crippen molar-refractivity contribution in [3.8, 4) is 0 Å². The number of carbonyl (C=O) groups is 2. The van der Waals surface area contributed by atoms with Crippen molar-refractivity contribution >= 4 is 44.8 Å². The third kappa shape index (κ3) is 6.09. The summed E-state index contributed by atoms with van der Waals surface area (Å²) in [4.78, 5) is 34.3. The highest BCUT2D eigenvalue weighted by atomic mass is 79.9. The van der Waals surface area contributed by atoms with Crippen LogP contribution in [0, 0.1) is 10.1 Å². The van der Waals surface area contributed by atoms with Crippen molar-refractivity contribution in [2.75, 3.05) is 5.32 Å². The average Bonchev–Trinajstić information content (AvgIpc) is 3.19. The molecule has 0 aliphatic carbocycles. The van der Waals surface area contributed by atoms with Crippen molar-refractivity contribution in [1.29, 1.82) is 0 Å². The van der Waals surface area contributed by atoms with Gasteiger partial charge in [0.2, 0.25) is 5.91 Å². The Hall–Kier alpha value is -3.79. The van der Waals surface area contributed by atoms with Gasteiger partial charge in [-0.15, -0.1) is 0 Å². The van der Waals surface area contributed by atoms with Crippen LogP contribution in [-0.2, 0) is 11.2 Å². The topological polar surface area (TPSA) is 127 Å². The third-order valence-corrected chi connectivity index (χ3v) is 4.64. The van der Waals surface area contributed by atoms with Gasteiger partial charge >= 0.3 is 0 Å². The standard InChI is InChI=1S/C21H17BrN4O5/c1-13(24-25-20(27)12-14-2-8-17(9-3-14)26(29)30)15-4-6-16(7-5-15)23-21(28)18-10-11-19(22)31-18/h2-11H,12H2,1H3,(H,23,28)(H,25,27)/b24-13+. The van der Waals surface area contributed by atoms with E-state index in [1.165, 1.54) is 24.3 Å². The van der Waals surface area contributed by atoms with E-state index in [2.05, 4.69) is 31.8 Å². The zero-order valence-corrected chi connectivity index (χ0v) is 17.9. The Labute approximate surface area is 185 Å². The van der Waals surface area contributed by atoms with Crippen molar-refractivity contribution < 1.29 is 18.9 Å². The van der Waals surface area contributed by atoms with E-state index in [1.807, 2.05) is 0 Å². The van der Waals surface area contributed by atoms with Crippen molar-refractivity contribution in [3.05, 3.63) is 92.3 Å². The molecule has 0 saturated carbocycles. The zero-order valence-electron chi connectivity index (χ0n) is 16.3. The number of nitrogens with one attached hydrogen (secondary N) is 2. The van der Waals surface area contributed by atoms with Gasteiger partial charge in [-0.05, 0) is 58.2 Å². The number of amides is 2. The summed E-state index contributed by atoms with van der Waals surface area (Å²) in [7, 11) is 0. The molecule has 10 heteroatoms. The molecular formula is C21H17BrN4O5. The second-order valence-corrected chi connectivity index (χ2v) is 7.25. The molecule has 3 rings (SSSR count). The molecule has 0 aliphatic rings. The van der Waals surface area contributed by atoms with Gasteiger partial charge in [0.05, 0.1) is 17.1 Å². The van der Waals surface area contributed by atoms with E-state index in [-0.39, 0.29) is 29.7 Å². The molecule has 1 heterocycles.